The van der Waals surface area contributed by atoms with Gasteiger partial charge in [0.1, 0.15) is 17.6 Å². The highest BCUT2D eigenvalue weighted by atomic mass is 15.0. The van der Waals surface area contributed by atoms with Gasteiger partial charge in [0.25, 0.3) is 0 Å². The van der Waals surface area contributed by atoms with Crippen LogP contribution in [-0.4, -0.2) is 20.2 Å². The van der Waals surface area contributed by atoms with Crippen molar-refractivity contribution >= 4 is 11.5 Å². The van der Waals surface area contributed by atoms with E-state index in [2.05, 4.69) is 9.97 Å². The predicted octanol–water partition coefficient (Wildman–Crippen LogP) is -0.115. The zero-order chi connectivity index (χ0) is 10.1. The van der Waals surface area contributed by atoms with Gasteiger partial charge in [-0.3, -0.25) is 9.81 Å². The molecule has 0 spiro atoms. The Hall–Kier alpha value is -2.42. The van der Waals surface area contributed by atoms with Crippen LogP contribution in [0.1, 0.15) is 11.4 Å². The summed E-state index contributed by atoms with van der Waals surface area (Å²) in [6.45, 7) is 0. The molecule has 0 aromatic carbocycles. The third kappa shape index (κ3) is 1.08. The number of fused-ring (bicyclic) bond motifs is 1. The molecule has 0 saturated heterocycles. The summed E-state index contributed by atoms with van der Waals surface area (Å²) in [7, 11) is 0. The molecular weight excluding hydrogens is 180 g/mol. The third-order valence-electron chi connectivity index (χ3n) is 1.79. The summed E-state index contributed by atoms with van der Waals surface area (Å²) in [6.07, 6.45) is 4.44. The molecule has 0 unspecified atom stereocenters. The Balaban J connectivity index is 2.77. The number of aromatic nitrogens is 3. The molecule has 3 N–H and O–H groups in total. The maximum atomic E-state index is 8.63. The summed E-state index contributed by atoms with van der Waals surface area (Å²) in [5, 5.41) is 15.9. The van der Waals surface area contributed by atoms with Crippen molar-refractivity contribution < 1.29 is 0 Å². The van der Waals surface area contributed by atoms with E-state index in [1.54, 1.807) is 4.40 Å². The smallest absolute Gasteiger partial charge is 0.157 e. The maximum Gasteiger partial charge on any atom is 0.157 e. The fourth-order valence-corrected chi connectivity index (χ4v) is 1.15. The number of rotatable bonds is 1. The van der Waals surface area contributed by atoms with E-state index >= 15 is 0 Å². The van der Waals surface area contributed by atoms with Gasteiger partial charge in [-0.15, -0.1) is 0 Å². The molecule has 0 aliphatic carbocycles. The van der Waals surface area contributed by atoms with E-state index in [-0.39, 0.29) is 11.5 Å². The topological polar surface area (TPSA) is 104 Å². The number of amidine groups is 1. The second-order valence-corrected chi connectivity index (χ2v) is 2.67. The molecule has 14 heavy (non-hydrogen) atoms. The molecule has 0 atom stereocenters. The quantitative estimate of drug-likeness (QED) is 0.478. The molecule has 0 saturated carbocycles. The summed E-state index contributed by atoms with van der Waals surface area (Å²) in [5.41, 5.74) is 6.62. The Morgan fingerprint density at radius 3 is 2.93 bits per heavy atom. The second kappa shape index (κ2) is 2.81. The minimum Gasteiger partial charge on any atom is -0.382 e. The summed E-state index contributed by atoms with van der Waals surface area (Å²) < 4.78 is 1.56. The highest BCUT2D eigenvalue weighted by Gasteiger charge is 2.06. The predicted molar refractivity (Wildman–Crippen MR) is 48.7 cm³/mol. The van der Waals surface area contributed by atoms with Crippen molar-refractivity contribution in [1.82, 2.24) is 14.4 Å². The number of nitrogens with two attached hydrogens (primary N) is 1. The van der Waals surface area contributed by atoms with Crippen LogP contribution in [0.15, 0.2) is 18.6 Å². The third-order valence-corrected chi connectivity index (χ3v) is 1.79. The van der Waals surface area contributed by atoms with Gasteiger partial charge >= 0.3 is 0 Å². The van der Waals surface area contributed by atoms with E-state index < -0.39 is 0 Å². The summed E-state index contributed by atoms with van der Waals surface area (Å²) in [5.74, 6) is -0.0902. The fraction of sp³-hybridized carbons (Fsp3) is 0. The molecule has 0 aliphatic rings. The van der Waals surface area contributed by atoms with Crippen molar-refractivity contribution in [1.29, 1.82) is 10.7 Å². The van der Waals surface area contributed by atoms with Crippen molar-refractivity contribution in [2.24, 2.45) is 5.73 Å². The van der Waals surface area contributed by atoms with Crippen LogP contribution in [0.4, 0.5) is 0 Å². The minimum absolute atomic E-state index is 0.0902. The Morgan fingerprint density at radius 1 is 1.50 bits per heavy atom. The molecular formula is C8H6N6. The molecule has 0 fully saturated rings. The summed E-state index contributed by atoms with van der Waals surface area (Å²) >= 11 is 0. The number of hydrogen-bond donors (Lipinski definition) is 2. The molecule has 2 aromatic rings. The Morgan fingerprint density at radius 2 is 2.29 bits per heavy atom. The highest BCUT2D eigenvalue weighted by Crippen LogP contribution is 2.05. The van der Waals surface area contributed by atoms with E-state index in [9.17, 15) is 0 Å². The molecule has 2 heterocycles. The molecule has 2 rings (SSSR count). The first-order valence-corrected chi connectivity index (χ1v) is 3.80. The van der Waals surface area contributed by atoms with Crippen LogP contribution in [0.5, 0.6) is 0 Å². The van der Waals surface area contributed by atoms with Crippen molar-refractivity contribution in [2.45, 2.75) is 0 Å². The van der Waals surface area contributed by atoms with Crippen LogP contribution in [0.25, 0.3) is 5.65 Å². The van der Waals surface area contributed by atoms with Crippen molar-refractivity contribution in [3.05, 3.63) is 30.0 Å². The van der Waals surface area contributed by atoms with Gasteiger partial charge in [0.2, 0.25) is 0 Å². The average molecular weight is 186 g/mol. The maximum absolute atomic E-state index is 8.63. The van der Waals surface area contributed by atoms with E-state index in [1.165, 1.54) is 18.6 Å². The van der Waals surface area contributed by atoms with Crippen LogP contribution in [-0.2, 0) is 0 Å². The van der Waals surface area contributed by atoms with E-state index in [0.29, 0.717) is 11.3 Å². The van der Waals surface area contributed by atoms with Gasteiger partial charge in [-0.25, -0.2) is 9.97 Å². The molecule has 0 radical (unpaired) electrons. The Kier molecular flexibility index (Phi) is 1.65. The van der Waals surface area contributed by atoms with Crippen LogP contribution < -0.4 is 5.73 Å². The van der Waals surface area contributed by atoms with E-state index in [1.807, 2.05) is 6.07 Å². The van der Waals surface area contributed by atoms with E-state index in [0.717, 1.165) is 0 Å². The summed E-state index contributed by atoms with van der Waals surface area (Å²) in [6, 6.07) is 1.90. The van der Waals surface area contributed by atoms with Gasteiger partial charge in [-0.1, -0.05) is 0 Å². The van der Waals surface area contributed by atoms with Gasteiger partial charge in [0.05, 0.1) is 12.4 Å². The lowest BCUT2D eigenvalue weighted by Gasteiger charge is -1.98. The number of imidazole rings is 1. The van der Waals surface area contributed by atoms with Crippen LogP contribution in [0.3, 0.4) is 0 Å². The van der Waals surface area contributed by atoms with Gasteiger partial charge < -0.3 is 5.73 Å². The monoisotopic (exact) mass is 186 g/mol. The fourth-order valence-electron chi connectivity index (χ4n) is 1.15. The van der Waals surface area contributed by atoms with Crippen molar-refractivity contribution in [3.63, 3.8) is 0 Å². The van der Waals surface area contributed by atoms with Gasteiger partial charge in [0.15, 0.2) is 11.3 Å². The highest BCUT2D eigenvalue weighted by molar-refractivity contribution is 5.93. The number of nitrogens with one attached hydrogen (secondary N) is 1. The Labute approximate surface area is 79.1 Å². The first kappa shape index (κ1) is 8.19. The standard InChI is InChI=1S/C8H6N6/c9-1-5-4-14-6(8(10)11)2-13-7(14)3-12-5/h2-4H,(H3,10,11). The SMILES string of the molecule is N#Cc1cn2c(C(=N)N)cnc2cn1. The molecule has 68 valence electrons. The normalized spacial score (nSPS) is 9.93. The molecule has 0 amide bonds. The average Bonchev–Trinajstić information content (AvgIpc) is 2.59. The molecule has 0 bridgehead atoms. The minimum atomic E-state index is -0.0902. The van der Waals surface area contributed by atoms with Crippen molar-refractivity contribution in [3.8, 4) is 6.07 Å². The van der Waals surface area contributed by atoms with Gasteiger partial charge in [0, 0.05) is 6.20 Å². The Bertz CT molecular complexity index is 546. The van der Waals surface area contributed by atoms with E-state index in [4.69, 9.17) is 16.4 Å². The first-order valence-electron chi connectivity index (χ1n) is 3.80. The zero-order valence-corrected chi connectivity index (χ0v) is 7.10. The number of nitrogens with zero attached hydrogens (tertiary/aromatic N) is 4. The molecule has 6 heteroatoms. The zero-order valence-electron chi connectivity index (χ0n) is 7.10. The summed E-state index contributed by atoms with van der Waals surface area (Å²) in [4.78, 5) is 7.83. The van der Waals surface area contributed by atoms with Gasteiger partial charge in [-0.05, 0) is 0 Å². The second-order valence-electron chi connectivity index (χ2n) is 2.67. The lowest BCUT2D eigenvalue weighted by molar-refractivity contribution is 1.09. The molecule has 2 aromatic heterocycles. The number of hydrogen-bond acceptors (Lipinski definition) is 4. The van der Waals surface area contributed by atoms with Crippen LogP contribution in [0.2, 0.25) is 0 Å². The van der Waals surface area contributed by atoms with Gasteiger partial charge in [-0.2, -0.15) is 5.26 Å². The number of nitriles is 1. The lowest BCUT2D eigenvalue weighted by Crippen LogP contribution is -2.13. The largest absolute Gasteiger partial charge is 0.382 e. The molecule has 6 nitrogen and oxygen atoms in total. The van der Waals surface area contributed by atoms with Crippen molar-refractivity contribution in [2.75, 3.05) is 0 Å². The van der Waals surface area contributed by atoms with Crippen LogP contribution in [0, 0.1) is 16.7 Å². The molecule has 0 aliphatic heterocycles. The lowest BCUT2D eigenvalue weighted by atomic mass is 10.4. The van der Waals surface area contributed by atoms with Crippen LogP contribution >= 0.6 is 0 Å². The first-order chi connectivity index (χ1) is 6.72. The number of nitrogen functional groups attached to an aromatic ring is 1.